The number of benzene rings is 3. The van der Waals surface area contributed by atoms with Gasteiger partial charge in [-0.2, -0.15) is 5.10 Å². The number of amides is 2. The van der Waals surface area contributed by atoms with E-state index in [1.54, 1.807) is 54.6 Å². The molecule has 2 heterocycles. The quantitative estimate of drug-likeness (QED) is 0.127. The van der Waals surface area contributed by atoms with Crippen molar-refractivity contribution >= 4 is 57.9 Å². The van der Waals surface area contributed by atoms with E-state index in [0.29, 0.717) is 45.9 Å². The lowest BCUT2D eigenvalue weighted by atomic mass is 10.1. The minimum atomic E-state index is -0.670. The molecule has 0 saturated carbocycles. The number of rotatable bonds is 10. The van der Waals surface area contributed by atoms with Crippen LogP contribution < -0.4 is 5.32 Å². The first-order valence-corrected chi connectivity index (χ1v) is 14.1. The second-order valence-electron chi connectivity index (χ2n) is 9.19. The SMILES string of the molecule is O=C(CC1S/C(=N\N=C\c2ccc(-c3ccccc3[N+](=O)[O-])o2)N(CCc2ccccc2)C1=O)Nc1ccc(Cl)cc1. The van der Waals surface area contributed by atoms with Gasteiger partial charge in [0.25, 0.3) is 5.69 Å². The van der Waals surface area contributed by atoms with Crippen molar-refractivity contribution in [1.29, 1.82) is 0 Å². The van der Waals surface area contributed by atoms with Crippen molar-refractivity contribution in [3.8, 4) is 11.3 Å². The van der Waals surface area contributed by atoms with Gasteiger partial charge in [0.2, 0.25) is 11.8 Å². The zero-order valence-corrected chi connectivity index (χ0v) is 23.6. The molecule has 1 unspecified atom stereocenters. The van der Waals surface area contributed by atoms with E-state index in [1.807, 2.05) is 30.3 Å². The molecule has 0 spiro atoms. The number of nitro groups is 1. The zero-order valence-electron chi connectivity index (χ0n) is 22.1. The number of nitrogens with zero attached hydrogens (tertiary/aromatic N) is 4. The van der Waals surface area contributed by atoms with E-state index in [0.717, 1.165) is 5.56 Å². The highest BCUT2D eigenvalue weighted by Crippen LogP contribution is 2.32. The molecule has 12 heteroatoms. The number of furan rings is 1. The Hall–Kier alpha value is -4.74. The van der Waals surface area contributed by atoms with Gasteiger partial charge in [-0.1, -0.05) is 65.8 Å². The Morgan fingerprint density at radius 2 is 1.79 bits per heavy atom. The Kier molecular flexibility index (Phi) is 9.10. The number of halogens is 1. The number of hydrogen-bond donors (Lipinski definition) is 1. The Balaban J connectivity index is 1.31. The number of hydrogen-bond acceptors (Lipinski definition) is 8. The molecule has 1 aliphatic heterocycles. The fraction of sp³-hybridized carbons (Fsp3) is 0.133. The smallest absolute Gasteiger partial charge is 0.280 e. The molecule has 0 aliphatic carbocycles. The maximum atomic E-state index is 13.4. The maximum absolute atomic E-state index is 13.4. The lowest BCUT2D eigenvalue weighted by Gasteiger charge is -2.15. The summed E-state index contributed by atoms with van der Waals surface area (Å²) < 4.78 is 5.74. The summed E-state index contributed by atoms with van der Waals surface area (Å²) in [7, 11) is 0. The second kappa shape index (κ2) is 13.3. The lowest BCUT2D eigenvalue weighted by Crippen LogP contribution is -2.35. The molecule has 1 N–H and O–H groups in total. The number of carbonyl (C=O) groups is 2. The van der Waals surface area contributed by atoms with Crippen molar-refractivity contribution < 1.29 is 18.9 Å². The van der Waals surface area contributed by atoms with Crippen LogP contribution in [0.5, 0.6) is 0 Å². The molecule has 10 nitrogen and oxygen atoms in total. The van der Waals surface area contributed by atoms with Crippen molar-refractivity contribution in [2.24, 2.45) is 10.2 Å². The minimum Gasteiger partial charge on any atom is -0.455 e. The summed E-state index contributed by atoms with van der Waals surface area (Å²) in [6.07, 6.45) is 1.91. The minimum absolute atomic E-state index is 0.0475. The summed E-state index contributed by atoms with van der Waals surface area (Å²) in [5, 5.41) is 22.8. The highest BCUT2D eigenvalue weighted by molar-refractivity contribution is 8.15. The number of nitro benzene ring substituents is 1. The van der Waals surface area contributed by atoms with Gasteiger partial charge in [-0.3, -0.25) is 24.6 Å². The summed E-state index contributed by atoms with van der Waals surface area (Å²) >= 11 is 7.09. The van der Waals surface area contributed by atoms with Crippen LogP contribution in [-0.2, 0) is 16.0 Å². The van der Waals surface area contributed by atoms with Gasteiger partial charge in [0.15, 0.2) is 5.17 Å². The van der Waals surface area contributed by atoms with Crippen LogP contribution >= 0.6 is 23.4 Å². The van der Waals surface area contributed by atoms with Crippen LogP contribution in [0, 0.1) is 10.1 Å². The third kappa shape index (κ3) is 7.12. The van der Waals surface area contributed by atoms with Gasteiger partial charge in [0.1, 0.15) is 16.8 Å². The van der Waals surface area contributed by atoms with Crippen LogP contribution in [-0.4, -0.2) is 44.8 Å². The van der Waals surface area contributed by atoms with Gasteiger partial charge in [0.05, 0.1) is 16.7 Å². The van der Waals surface area contributed by atoms with Gasteiger partial charge in [-0.25, -0.2) is 0 Å². The number of nitrogens with one attached hydrogen (secondary N) is 1. The zero-order chi connectivity index (χ0) is 29.5. The fourth-order valence-corrected chi connectivity index (χ4v) is 5.51. The van der Waals surface area contributed by atoms with Gasteiger partial charge in [-0.05, 0) is 54.4 Å². The monoisotopic (exact) mass is 601 g/mol. The van der Waals surface area contributed by atoms with Crippen LogP contribution in [0.3, 0.4) is 0 Å². The van der Waals surface area contributed by atoms with Crippen LogP contribution in [0.4, 0.5) is 11.4 Å². The third-order valence-corrected chi connectivity index (χ3v) is 7.72. The van der Waals surface area contributed by atoms with E-state index in [9.17, 15) is 19.7 Å². The van der Waals surface area contributed by atoms with Crippen LogP contribution in [0.1, 0.15) is 17.7 Å². The van der Waals surface area contributed by atoms with E-state index in [-0.39, 0.29) is 23.9 Å². The van der Waals surface area contributed by atoms with E-state index >= 15 is 0 Å². The first-order valence-electron chi connectivity index (χ1n) is 12.9. The number of amidine groups is 1. The topological polar surface area (TPSA) is 130 Å². The van der Waals surface area contributed by atoms with Crippen molar-refractivity contribution in [3.63, 3.8) is 0 Å². The third-order valence-electron chi connectivity index (χ3n) is 6.31. The molecule has 42 heavy (non-hydrogen) atoms. The average Bonchev–Trinajstić information content (AvgIpc) is 3.58. The van der Waals surface area contributed by atoms with Crippen molar-refractivity contribution in [1.82, 2.24) is 4.90 Å². The van der Waals surface area contributed by atoms with Crippen molar-refractivity contribution in [2.75, 3.05) is 11.9 Å². The highest BCUT2D eigenvalue weighted by Gasteiger charge is 2.39. The number of carbonyl (C=O) groups excluding carboxylic acids is 2. The summed E-state index contributed by atoms with van der Waals surface area (Å²) in [6, 6.07) is 26.0. The molecule has 4 aromatic rings. The van der Waals surface area contributed by atoms with E-state index in [4.69, 9.17) is 16.0 Å². The molecule has 1 saturated heterocycles. The lowest BCUT2D eigenvalue weighted by molar-refractivity contribution is -0.384. The molecule has 0 radical (unpaired) electrons. The molecule has 1 aromatic heterocycles. The number of anilines is 1. The van der Waals surface area contributed by atoms with Crippen molar-refractivity contribution in [2.45, 2.75) is 18.1 Å². The second-order valence-corrected chi connectivity index (χ2v) is 10.8. The molecule has 5 rings (SSSR count). The Morgan fingerprint density at radius 1 is 1.05 bits per heavy atom. The molecule has 1 aliphatic rings. The van der Waals surface area contributed by atoms with Crippen LogP contribution in [0.15, 0.2) is 106 Å². The van der Waals surface area contributed by atoms with Crippen LogP contribution in [0.2, 0.25) is 5.02 Å². The summed E-state index contributed by atoms with van der Waals surface area (Å²) in [6.45, 7) is 0.363. The largest absolute Gasteiger partial charge is 0.455 e. The molecular formula is C30H24ClN5O5S. The Bertz CT molecular complexity index is 1660. The van der Waals surface area contributed by atoms with Gasteiger partial charge < -0.3 is 9.73 Å². The average molecular weight is 602 g/mol. The van der Waals surface area contributed by atoms with Crippen LogP contribution in [0.25, 0.3) is 11.3 Å². The highest BCUT2D eigenvalue weighted by atomic mass is 35.5. The van der Waals surface area contributed by atoms with E-state index in [1.165, 1.54) is 28.9 Å². The first kappa shape index (κ1) is 28.8. The molecule has 212 valence electrons. The number of thioether (sulfide) groups is 1. The summed E-state index contributed by atoms with van der Waals surface area (Å²) in [4.78, 5) is 38.5. The fourth-order valence-electron chi connectivity index (χ4n) is 4.26. The van der Waals surface area contributed by atoms with Gasteiger partial charge >= 0.3 is 0 Å². The first-order chi connectivity index (χ1) is 20.4. The normalized spacial score (nSPS) is 15.9. The molecule has 0 bridgehead atoms. The molecule has 1 atom stereocenters. The molecule has 3 aromatic carbocycles. The standard InChI is InChI=1S/C30H24ClN5O5S/c31-21-10-12-22(13-11-21)33-28(37)18-27-29(38)35(17-16-20-6-2-1-3-7-20)30(42-27)34-32-19-23-14-15-26(41-23)24-8-4-5-9-25(24)36(39)40/h1-15,19,27H,16-18H2,(H,33,37)/b32-19+,34-30-. The van der Waals surface area contributed by atoms with E-state index < -0.39 is 10.2 Å². The molecular weight excluding hydrogens is 578 g/mol. The molecule has 2 amide bonds. The Labute approximate surface area is 250 Å². The summed E-state index contributed by atoms with van der Waals surface area (Å²) in [5.41, 5.74) is 1.91. The van der Waals surface area contributed by atoms with E-state index in [2.05, 4.69) is 15.5 Å². The van der Waals surface area contributed by atoms with Gasteiger partial charge in [0, 0.05) is 29.7 Å². The Morgan fingerprint density at radius 3 is 2.55 bits per heavy atom. The predicted octanol–water partition coefficient (Wildman–Crippen LogP) is 6.41. The molecule has 1 fully saturated rings. The van der Waals surface area contributed by atoms with Crippen molar-refractivity contribution in [3.05, 3.63) is 117 Å². The maximum Gasteiger partial charge on any atom is 0.280 e. The number of para-hydroxylation sites is 1. The summed E-state index contributed by atoms with van der Waals surface area (Å²) in [5.74, 6) is 0.108. The predicted molar refractivity (Wildman–Crippen MR) is 164 cm³/mol. The van der Waals surface area contributed by atoms with Gasteiger partial charge in [-0.15, -0.1) is 5.10 Å².